The lowest BCUT2D eigenvalue weighted by Crippen LogP contribution is -2.17. The normalized spacial score (nSPS) is 10.6. The van der Waals surface area contributed by atoms with E-state index in [-0.39, 0.29) is 5.91 Å². The molecule has 5 heteroatoms. The maximum Gasteiger partial charge on any atom is 0.271 e. The van der Waals surface area contributed by atoms with Gasteiger partial charge in [0.2, 0.25) is 0 Å². The van der Waals surface area contributed by atoms with Gasteiger partial charge in [-0.05, 0) is 66.6 Å². The van der Waals surface area contributed by atoms with E-state index in [1.165, 1.54) is 5.56 Å². The van der Waals surface area contributed by atoms with Crippen molar-refractivity contribution in [3.63, 3.8) is 0 Å². The molecule has 1 amide bonds. The van der Waals surface area contributed by atoms with Gasteiger partial charge in [-0.3, -0.25) is 4.79 Å². The molecule has 1 N–H and O–H groups in total. The van der Waals surface area contributed by atoms with Crippen LogP contribution in [-0.2, 0) is 6.61 Å². The average Bonchev–Trinajstić information content (AvgIpc) is 2.74. The van der Waals surface area contributed by atoms with E-state index < -0.39 is 0 Å². The number of aryl methyl sites for hydroxylation is 1. The summed E-state index contributed by atoms with van der Waals surface area (Å²) in [5.74, 6) is 1.32. The van der Waals surface area contributed by atoms with Crippen LogP contribution in [0.2, 0.25) is 0 Å². The van der Waals surface area contributed by atoms with Crippen LogP contribution in [0.4, 0.5) is 0 Å². The molecule has 0 unspecified atom stereocenters. The van der Waals surface area contributed by atoms with Crippen molar-refractivity contribution in [1.82, 2.24) is 5.43 Å². The van der Waals surface area contributed by atoms with Gasteiger partial charge in [-0.1, -0.05) is 29.8 Å². The third kappa shape index (κ3) is 5.45. The third-order valence-electron chi connectivity index (χ3n) is 4.14. The summed E-state index contributed by atoms with van der Waals surface area (Å²) in [6, 6.07) is 22.5. The molecule has 0 spiro atoms. The van der Waals surface area contributed by atoms with Crippen molar-refractivity contribution in [2.75, 3.05) is 7.11 Å². The smallest absolute Gasteiger partial charge is 0.271 e. The van der Waals surface area contributed by atoms with E-state index in [1.54, 1.807) is 25.5 Å². The van der Waals surface area contributed by atoms with Crippen LogP contribution in [-0.4, -0.2) is 19.2 Å². The Balaban J connectivity index is 1.51. The molecule has 142 valence electrons. The summed E-state index contributed by atoms with van der Waals surface area (Å²) in [7, 11) is 1.61. The third-order valence-corrected chi connectivity index (χ3v) is 4.14. The Hall–Kier alpha value is -3.60. The van der Waals surface area contributed by atoms with E-state index in [0.29, 0.717) is 12.2 Å². The fourth-order valence-electron chi connectivity index (χ4n) is 2.47. The molecule has 0 radical (unpaired) electrons. The van der Waals surface area contributed by atoms with E-state index in [4.69, 9.17) is 9.47 Å². The predicted octanol–water partition coefficient (Wildman–Crippen LogP) is 4.35. The molecule has 0 heterocycles. The Morgan fingerprint density at radius 3 is 2.21 bits per heavy atom. The zero-order valence-corrected chi connectivity index (χ0v) is 15.9. The van der Waals surface area contributed by atoms with Crippen molar-refractivity contribution in [3.05, 3.63) is 95.1 Å². The van der Waals surface area contributed by atoms with Crippen molar-refractivity contribution < 1.29 is 14.3 Å². The van der Waals surface area contributed by atoms with E-state index in [0.717, 1.165) is 22.6 Å². The summed E-state index contributed by atoms with van der Waals surface area (Å²) in [5.41, 5.74) is 6.10. The summed E-state index contributed by atoms with van der Waals surface area (Å²) in [6.07, 6.45) is 1.58. The Morgan fingerprint density at radius 1 is 0.929 bits per heavy atom. The molecule has 0 fully saturated rings. The first-order valence-electron chi connectivity index (χ1n) is 8.90. The second-order valence-electron chi connectivity index (χ2n) is 6.27. The topological polar surface area (TPSA) is 59.9 Å². The maximum absolute atomic E-state index is 12.2. The number of hydrazone groups is 1. The number of carbonyl (C=O) groups is 1. The molecule has 3 aromatic rings. The van der Waals surface area contributed by atoms with Gasteiger partial charge < -0.3 is 9.47 Å². The Kier molecular flexibility index (Phi) is 6.41. The lowest BCUT2D eigenvalue weighted by molar-refractivity contribution is 0.0955. The molecule has 0 atom stereocenters. The van der Waals surface area contributed by atoms with Gasteiger partial charge in [0.25, 0.3) is 5.91 Å². The number of rotatable bonds is 7. The first kappa shape index (κ1) is 19.2. The van der Waals surface area contributed by atoms with E-state index in [9.17, 15) is 4.79 Å². The first-order chi connectivity index (χ1) is 13.6. The molecule has 3 aromatic carbocycles. The van der Waals surface area contributed by atoms with Gasteiger partial charge in [0.15, 0.2) is 0 Å². The minimum atomic E-state index is -0.268. The fourth-order valence-corrected chi connectivity index (χ4v) is 2.47. The SMILES string of the molecule is COc1ccc(/C=N/NC(=O)c2ccc(COc3ccc(C)cc3)cc2)cc1. The number of hydrogen-bond acceptors (Lipinski definition) is 4. The van der Waals surface area contributed by atoms with Crippen LogP contribution in [0, 0.1) is 6.92 Å². The molecule has 28 heavy (non-hydrogen) atoms. The molecular formula is C23H22N2O3. The van der Waals surface area contributed by atoms with Gasteiger partial charge in [0, 0.05) is 5.56 Å². The number of carbonyl (C=O) groups excluding carboxylic acids is 1. The Bertz CT molecular complexity index is 931. The van der Waals surface area contributed by atoms with E-state index in [1.807, 2.05) is 67.6 Å². The number of nitrogens with zero attached hydrogens (tertiary/aromatic N) is 1. The highest BCUT2D eigenvalue weighted by atomic mass is 16.5. The van der Waals surface area contributed by atoms with Crippen molar-refractivity contribution in [2.45, 2.75) is 13.5 Å². The van der Waals surface area contributed by atoms with Gasteiger partial charge in [0.1, 0.15) is 18.1 Å². The van der Waals surface area contributed by atoms with Gasteiger partial charge in [-0.15, -0.1) is 0 Å². The summed E-state index contributed by atoms with van der Waals surface area (Å²) < 4.78 is 10.8. The maximum atomic E-state index is 12.2. The zero-order chi connectivity index (χ0) is 19.8. The molecule has 0 aliphatic heterocycles. The summed E-state index contributed by atoms with van der Waals surface area (Å²) in [5, 5.41) is 3.99. The molecule has 0 saturated carbocycles. The number of nitrogens with one attached hydrogen (secondary N) is 1. The van der Waals surface area contributed by atoms with Crippen LogP contribution in [0.1, 0.15) is 27.0 Å². The molecule has 0 aromatic heterocycles. The largest absolute Gasteiger partial charge is 0.497 e. The Morgan fingerprint density at radius 2 is 1.57 bits per heavy atom. The molecule has 0 saturated heterocycles. The standard InChI is InChI=1S/C23H22N2O3/c1-17-3-11-22(12-4-17)28-16-19-5-9-20(10-6-19)23(26)25-24-15-18-7-13-21(27-2)14-8-18/h3-15H,16H2,1-2H3,(H,25,26)/b24-15+. The number of ether oxygens (including phenoxy) is 2. The summed E-state index contributed by atoms with van der Waals surface area (Å²) in [6.45, 7) is 2.48. The van der Waals surface area contributed by atoms with Crippen LogP contribution in [0.25, 0.3) is 0 Å². The molecule has 0 aliphatic carbocycles. The minimum Gasteiger partial charge on any atom is -0.497 e. The molecule has 5 nitrogen and oxygen atoms in total. The monoisotopic (exact) mass is 374 g/mol. The average molecular weight is 374 g/mol. The van der Waals surface area contributed by atoms with Crippen molar-refractivity contribution >= 4 is 12.1 Å². The van der Waals surface area contributed by atoms with Gasteiger partial charge >= 0.3 is 0 Å². The molecule has 3 rings (SSSR count). The molecule has 0 aliphatic rings. The van der Waals surface area contributed by atoms with Crippen molar-refractivity contribution in [2.24, 2.45) is 5.10 Å². The van der Waals surface area contributed by atoms with Crippen LogP contribution < -0.4 is 14.9 Å². The van der Waals surface area contributed by atoms with Gasteiger partial charge in [-0.25, -0.2) is 5.43 Å². The second-order valence-corrected chi connectivity index (χ2v) is 6.27. The highest BCUT2D eigenvalue weighted by molar-refractivity contribution is 5.94. The van der Waals surface area contributed by atoms with E-state index >= 15 is 0 Å². The highest BCUT2D eigenvalue weighted by Gasteiger charge is 2.04. The van der Waals surface area contributed by atoms with E-state index in [2.05, 4.69) is 10.5 Å². The second kappa shape index (κ2) is 9.37. The lowest BCUT2D eigenvalue weighted by atomic mass is 10.1. The van der Waals surface area contributed by atoms with Gasteiger partial charge in [0.05, 0.1) is 13.3 Å². The van der Waals surface area contributed by atoms with Crippen LogP contribution in [0.5, 0.6) is 11.5 Å². The summed E-state index contributed by atoms with van der Waals surface area (Å²) in [4.78, 5) is 12.2. The fraction of sp³-hybridized carbons (Fsp3) is 0.130. The van der Waals surface area contributed by atoms with Crippen LogP contribution in [0.3, 0.4) is 0 Å². The zero-order valence-electron chi connectivity index (χ0n) is 15.9. The van der Waals surface area contributed by atoms with Crippen LogP contribution in [0.15, 0.2) is 77.9 Å². The number of benzene rings is 3. The number of amides is 1. The van der Waals surface area contributed by atoms with Gasteiger partial charge in [-0.2, -0.15) is 5.10 Å². The number of hydrogen-bond donors (Lipinski definition) is 1. The quantitative estimate of drug-likeness (QED) is 0.494. The Labute approximate surface area is 164 Å². The highest BCUT2D eigenvalue weighted by Crippen LogP contribution is 2.14. The number of methoxy groups -OCH3 is 1. The van der Waals surface area contributed by atoms with Crippen molar-refractivity contribution in [3.8, 4) is 11.5 Å². The van der Waals surface area contributed by atoms with Crippen LogP contribution >= 0.6 is 0 Å². The van der Waals surface area contributed by atoms with Crippen molar-refractivity contribution in [1.29, 1.82) is 0 Å². The summed E-state index contributed by atoms with van der Waals surface area (Å²) >= 11 is 0. The lowest BCUT2D eigenvalue weighted by Gasteiger charge is -2.07. The predicted molar refractivity (Wildman–Crippen MR) is 110 cm³/mol. The first-order valence-corrected chi connectivity index (χ1v) is 8.90. The minimum absolute atomic E-state index is 0.268. The molecular weight excluding hydrogens is 352 g/mol. The molecule has 0 bridgehead atoms.